The summed E-state index contributed by atoms with van der Waals surface area (Å²) < 4.78 is 7.33. The number of hydrogen-bond acceptors (Lipinski definition) is 4. The lowest BCUT2D eigenvalue weighted by Crippen LogP contribution is -2.43. The topological polar surface area (TPSA) is 92.3 Å². The first-order valence-corrected chi connectivity index (χ1v) is 8.08. The molecule has 0 aromatic carbocycles. The number of aryl methyl sites for hydroxylation is 3. The predicted octanol–water partition coefficient (Wildman–Crippen LogP) is 2.13. The van der Waals surface area contributed by atoms with Gasteiger partial charge in [-0.25, -0.2) is 4.79 Å². The summed E-state index contributed by atoms with van der Waals surface area (Å²) in [6.07, 6.45) is 0. The fraction of sp³-hybridized carbons (Fsp3) is 0.529. The molecule has 0 unspecified atom stereocenters. The molecule has 1 atom stereocenters. The van der Waals surface area contributed by atoms with E-state index in [0.29, 0.717) is 18.1 Å². The van der Waals surface area contributed by atoms with Crippen molar-refractivity contribution in [2.24, 2.45) is 0 Å². The van der Waals surface area contributed by atoms with E-state index in [1.165, 1.54) is 0 Å². The van der Waals surface area contributed by atoms with Crippen LogP contribution < -0.4 is 10.6 Å². The maximum absolute atomic E-state index is 12.0. The van der Waals surface area contributed by atoms with Crippen LogP contribution in [0.5, 0.6) is 0 Å². The van der Waals surface area contributed by atoms with Gasteiger partial charge in [-0.1, -0.05) is 0 Å². The Kier molecular flexibility index (Phi) is 5.33. The molecule has 3 N–H and O–H groups in total. The molecular formula is C17H26N4O3. The van der Waals surface area contributed by atoms with Gasteiger partial charge in [-0.2, -0.15) is 5.10 Å². The molecule has 0 aliphatic carbocycles. The fourth-order valence-electron chi connectivity index (χ4n) is 2.59. The van der Waals surface area contributed by atoms with E-state index in [2.05, 4.69) is 15.7 Å². The number of aliphatic hydroxyl groups is 1. The van der Waals surface area contributed by atoms with E-state index >= 15 is 0 Å². The minimum Gasteiger partial charge on any atom is -0.463 e. The van der Waals surface area contributed by atoms with Crippen LogP contribution in [0.3, 0.4) is 0 Å². The van der Waals surface area contributed by atoms with Gasteiger partial charge < -0.3 is 20.2 Å². The third-order valence-corrected chi connectivity index (χ3v) is 4.12. The Hall–Kier alpha value is -2.28. The molecule has 0 radical (unpaired) electrons. The first-order chi connectivity index (χ1) is 11.2. The highest BCUT2D eigenvalue weighted by Crippen LogP contribution is 2.21. The molecule has 0 bridgehead atoms. The van der Waals surface area contributed by atoms with Crippen LogP contribution in [0.2, 0.25) is 0 Å². The number of carbonyl (C=O) groups excluding carboxylic acids is 1. The SMILES string of the molecule is CCn1nc(C)c(CNC(=O)NC[C@@](C)(O)c2ccc(C)o2)c1C. The number of nitrogens with one attached hydrogen (secondary N) is 2. The van der Waals surface area contributed by atoms with Crippen LogP contribution in [-0.2, 0) is 18.7 Å². The van der Waals surface area contributed by atoms with Gasteiger partial charge in [0.2, 0.25) is 0 Å². The summed E-state index contributed by atoms with van der Waals surface area (Å²) in [4.78, 5) is 12.0. The number of urea groups is 1. The van der Waals surface area contributed by atoms with E-state index in [4.69, 9.17) is 4.42 Å². The van der Waals surface area contributed by atoms with Crippen LogP contribution in [0.25, 0.3) is 0 Å². The molecule has 24 heavy (non-hydrogen) atoms. The zero-order valence-electron chi connectivity index (χ0n) is 14.9. The average Bonchev–Trinajstić information content (AvgIpc) is 3.08. The number of furan rings is 1. The van der Waals surface area contributed by atoms with Crippen molar-refractivity contribution in [3.05, 3.63) is 40.6 Å². The van der Waals surface area contributed by atoms with Crippen LogP contribution in [0, 0.1) is 20.8 Å². The van der Waals surface area contributed by atoms with E-state index < -0.39 is 5.60 Å². The first kappa shape index (κ1) is 18.1. The lowest BCUT2D eigenvalue weighted by Gasteiger charge is -2.21. The largest absolute Gasteiger partial charge is 0.463 e. The van der Waals surface area contributed by atoms with Crippen molar-refractivity contribution in [3.8, 4) is 0 Å². The van der Waals surface area contributed by atoms with Crippen LogP contribution in [-0.4, -0.2) is 27.5 Å². The van der Waals surface area contributed by atoms with Crippen LogP contribution in [0.4, 0.5) is 4.79 Å². The Morgan fingerprint density at radius 1 is 1.33 bits per heavy atom. The maximum Gasteiger partial charge on any atom is 0.315 e. The number of hydrogen-bond donors (Lipinski definition) is 3. The van der Waals surface area contributed by atoms with Crippen molar-refractivity contribution < 1.29 is 14.3 Å². The molecular weight excluding hydrogens is 308 g/mol. The van der Waals surface area contributed by atoms with Crippen LogP contribution in [0.15, 0.2) is 16.5 Å². The fourth-order valence-corrected chi connectivity index (χ4v) is 2.59. The van der Waals surface area contributed by atoms with E-state index in [9.17, 15) is 9.90 Å². The second-order valence-electron chi connectivity index (χ2n) is 6.19. The van der Waals surface area contributed by atoms with Gasteiger partial charge >= 0.3 is 6.03 Å². The van der Waals surface area contributed by atoms with Gasteiger partial charge in [0.15, 0.2) is 0 Å². The normalized spacial score (nSPS) is 13.6. The molecule has 2 aromatic heterocycles. The van der Waals surface area contributed by atoms with Gasteiger partial charge in [-0.15, -0.1) is 0 Å². The van der Waals surface area contributed by atoms with Gasteiger partial charge in [0.05, 0.1) is 12.2 Å². The lowest BCUT2D eigenvalue weighted by molar-refractivity contribution is 0.0359. The molecule has 7 nitrogen and oxygen atoms in total. The Morgan fingerprint density at radius 3 is 2.58 bits per heavy atom. The van der Waals surface area contributed by atoms with Crippen LogP contribution in [0.1, 0.15) is 42.3 Å². The Balaban J connectivity index is 1.89. The van der Waals surface area contributed by atoms with E-state index in [1.807, 2.05) is 25.5 Å². The molecule has 0 saturated carbocycles. The molecule has 0 saturated heterocycles. The average molecular weight is 334 g/mol. The predicted molar refractivity (Wildman–Crippen MR) is 90.6 cm³/mol. The van der Waals surface area contributed by atoms with Crippen molar-refractivity contribution in [1.29, 1.82) is 0 Å². The summed E-state index contributed by atoms with van der Waals surface area (Å²) in [5.41, 5.74) is 1.71. The van der Waals surface area contributed by atoms with Crippen molar-refractivity contribution in [2.75, 3.05) is 6.54 Å². The number of nitrogens with zero attached hydrogens (tertiary/aromatic N) is 2. The number of aromatic nitrogens is 2. The van der Waals surface area contributed by atoms with Crippen molar-refractivity contribution in [3.63, 3.8) is 0 Å². The zero-order chi connectivity index (χ0) is 17.9. The minimum absolute atomic E-state index is 0.0535. The molecule has 2 amide bonds. The summed E-state index contributed by atoms with van der Waals surface area (Å²) in [5, 5.41) is 20.3. The highest BCUT2D eigenvalue weighted by Gasteiger charge is 2.27. The van der Waals surface area contributed by atoms with Gasteiger partial charge in [-0.3, -0.25) is 4.68 Å². The molecule has 0 aliphatic heterocycles. The quantitative estimate of drug-likeness (QED) is 0.754. The summed E-state index contributed by atoms with van der Waals surface area (Å²) >= 11 is 0. The monoisotopic (exact) mass is 334 g/mol. The molecule has 2 aromatic rings. The summed E-state index contributed by atoms with van der Waals surface area (Å²) in [6, 6.07) is 3.14. The van der Waals surface area contributed by atoms with E-state index in [1.54, 1.807) is 26.0 Å². The highest BCUT2D eigenvalue weighted by atomic mass is 16.4. The summed E-state index contributed by atoms with van der Waals surface area (Å²) in [5.74, 6) is 1.14. The molecule has 0 aliphatic rings. The second kappa shape index (κ2) is 7.09. The Labute approximate surface area is 142 Å². The molecule has 0 fully saturated rings. The minimum atomic E-state index is -1.26. The molecule has 2 rings (SSSR count). The standard InChI is InChI=1S/C17H26N4O3/c1-6-21-13(4)14(12(3)20-21)9-18-16(22)19-10-17(5,23)15-8-7-11(2)24-15/h7-8,23H,6,9-10H2,1-5H3,(H2,18,19,22)/t17-/m1/s1. The van der Waals surface area contributed by atoms with Crippen molar-refractivity contribution >= 4 is 6.03 Å². The number of rotatable bonds is 6. The number of amides is 2. The van der Waals surface area contributed by atoms with Gasteiger partial charge in [-0.05, 0) is 46.8 Å². The summed E-state index contributed by atoms with van der Waals surface area (Å²) in [6.45, 7) is 10.6. The smallest absolute Gasteiger partial charge is 0.315 e. The maximum atomic E-state index is 12.0. The van der Waals surface area contributed by atoms with Crippen molar-refractivity contribution in [2.45, 2.75) is 53.3 Å². The zero-order valence-corrected chi connectivity index (χ0v) is 14.9. The Morgan fingerprint density at radius 2 is 2.04 bits per heavy atom. The Bertz CT molecular complexity index is 715. The second-order valence-corrected chi connectivity index (χ2v) is 6.19. The lowest BCUT2D eigenvalue weighted by atomic mass is 10.0. The highest BCUT2D eigenvalue weighted by molar-refractivity contribution is 5.74. The molecule has 0 spiro atoms. The third-order valence-electron chi connectivity index (χ3n) is 4.12. The van der Waals surface area contributed by atoms with Gasteiger partial charge in [0, 0.05) is 24.3 Å². The first-order valence-electron chi connectivity index (χ1n) is 8.08. The van der Waals surface area contributed by atoms with Gasteiger partial charge in [0.1, 0.15) is 17.1 Å². The van der Waals surface area contributed by atoms with Crippen molar-refractivity contribution in [1.82, 2.24) is 20.4 Å². The van der Waals surface area contributed by atoms with E-state index in [-0.39, 0.29) is 12.6 Å². The molecule has 7 heteroatoms. The molecule has 2 heterocycles. The number of carbonyl (C=O) groups is 1. The molecule has 132 valence electrons. The van der Waals surface area contributed by atoms with E-state index in [0.717, 1.165) is 23.5 Å². The summed E-state index contributed by atoms with van der Waals surface area (Å²) in [7, 11) is 0. The van der Waals surface area contributed by atoms with Gasteiger partial charge in [0.25, 0.3) is 0 Å². The third kappa shape index (κ3) is 3.97. The van der Waals surface area contributed by atoms with Crippen LogP contribution >= 0.6 is 0 Å².